The largest absolute Gasteiger partial charge is 0.309 e. The molecule has 1 atom stereocenters. The van der Waals surface area contributed by atoms with Crippen LogP contribution in [0.4, 0.5) is 0 Å². The van der Waals surface area contributed by atoms with Gasteiger partial charge in [0.25, 0.3) is 0 Å². The summed E-state index contributed by atoms with van der Waals surface area (Å²) >= 11 is 0. The molecular weight excluding hydrogens is 244 g/mol. The quantitative estimate of drug-likeness (QED) is 0.848. The molecule has 1 aromatic carbocycles. The summed E-state index contributed by atoms with van der Waals surface area (Å²) in [6.45, 7) is 8.76. The standard InChI is InChI=1S/C18H30N2/c1-5-19-18(13-20(4)16-8-6-7-9-16)17-12-14(2)10-11-15(17)3/h10-12,16,18-19H,5-9,13H2,1-4H3. The topological polar surface area (TPSA) is 15.3 Å². The number of rotatable bonds is 6. The predicted molar refractivity (Wildman–Crippen MR) is 87.2 cm³/mol. The number of likely N-dealkylation sites (N-methyl/N-ethyl adjacent to an activating group) is 2. The minimum atomic E-state index is 0.450. The van der Waals surface area contributed by atoms with E-state index < -0.39 is 0 Å². The Morgan fingerprint density at radius 3 is 2.60 bits per heavy atom. The monoisotopic (exact) mass is 274 g/mol. The van der Waals surface area contributed by atoms with Crippen molar-refractivity contribution in [3.8, 4) is 0 Å². The van der Waals surface area contributed by atoms with Crippen LogP contribution in [0.2, 0.25) is 0 Å². The minimum Gasteiger partial charge on any atom is -0.309 e. The molecule has 0 amide bonds. The van der Waals surface area contributed by atoms with Crippen LogP contribution in [0, 0.1) is 13.8 Å². The second kappa shape index (κ2) is 7.24. The van der Waals surface area contributed by atoms with Gasteiger partial charge in [-0.05, 0) is 51.4 Å². The Bertz CT molecular complexity index is 421. The number of benzene rings is 1. The van der Waals surface area contributed by atoms with Gasteiger partial charge in [0.1, 0.15) is 0 Å². The summed E-state index contributed by atoms with van der Waals surface area (Å²) in [7, 11) is 2.30. The van der Waals surface area contributed by atoms with Crippen molar-refractivity contribution >= 4 is 0 Å². The Labute approximate surface area is 124 Å². The highest BCUT2D eigenvalue weighted by Gasteiger charge is 2.23. The van der Waals surface area contributed by atoms with Crippen molar-refractivity contribution in [2.45, 2.75) is 58.5 Å². The molecule has 1 aromatic rings. The molecule has 0 radical (unpaired) electrons. The zero-order valence-electron chi connectivity index (χ0n) is 13.6. The smallest absolute Gasteiger partial charge is 0.0451 e. The van der Waals surface area contributed by atoms with Gasteiger partial charge < -0.3 is 10.2 Å². The van der Waals surface area contributed by atoms with E-state index in [1.807, 2.05) is 0 Å². The number of hydrogen-bond acceptors (Lipinski definition) is 2. The number of nitrogens with zero attached hydrogens (tertiary/aromatic N) is 1. The third kappa shape index (κ3) is 3.83. The van der Waals surface area contributed by atoms with Crippen molar-refractivity contribution < 1.29 is 0 Å². The maximum absolute atomic E-state index is 3.68. The molecule has 0 aliphatic heterocycles. The summed E-state index contributed by atoms with van der Waals surface area (Å²) in [6, 6.07) is 8.06. The van der Waals surface area contributed by atoms with E-state index in [4.69, 9.17) is 0 Å². The molecule has 1 N–H and O–H groups in total. The van der Waals surface area contributed by atoms with Gasteiger partial charge in [-0.15, -0.1) is 0 Å². The fourth-order valence-electron chi connectivity index (χ4n) is 3.44. The lowest BCUT2D eigenvalue weighted by molar-refractivity contribution is 0.219. The van der Waals surface area contributed by atoms with Crippen LogP contribution in [-0.2, 0) is 0 Å². The van der Waals surface area contributed by atoms with E-state index in [1.165, 1.54) is 42.4 Å². The van der Waals surface area contributed by atoms with E-state index in [-0.39, 0.29) is 0 Å². The number of hydrogen-bond donors (Lipinski definition) is 1. The molecule has 1 fully saturated rings. The van der Waals surface area contributed by atoms with E-state index in [2.05, 4.69) is 56.2 Å². The van der Waals surface area contributed by atoms with Gasteiger partial charge in [-0.2, -0.15) is 0 Å². The average Bonchev–Trinajstić information content (AvgIpc) is 2.95. The molecule has 0 bridgehead atoms. The highest BCUT2D eigenvalue weighted by Crippen LogP contribution is 2.26. The Kier molecular flexibility index (Phi) is 5.62. The van der Waals surface area contributed by atoms with Crippen LogP contribution in [0.15, 0.2) is 18.2 Å². The van der Waals surface area contributed by atoms with Gasteiger partial charge in [-0.25, -0.2) is 0 Å². The normalized spacial score (nSPS) is 17.9. The molecule has 1 saturated carbocycles. The Morgan fingerprint density at radius 2 is 1.95 bits per heavy atom. The summed E-state index contributed by atoms with van der Waals surface area (Å²) in [6.07, 6.45) is 5.57. The third-order valence-corrected chi connectivity index (χ3v) is 4.68. The SMILES string of the molecule is CCNC(CN(C)C1CCCC1)c1cc(C)ccc1C. The molecule has 2 nitrogen and oxygen atoms in total. The van der Waals surface area contributed by atoms with Crippen LogP contribution in [0.1, 0.15) is 55.3 Å². The first-order valence-corrected chi connectivity index (χ1v) is 8.12. The van der Waals surface area contributed by atoms with Gasteiger partial charge in [-0.1, -0.05) is 43.5 Å². The van der Waals surface area contributed by atoms with E-state index in [0.29, 0.717) is 6.04 Å². The fraction of sp³-hybridized carbons (Fsp3) is 0.667. The molecule has 0 heterocycles. The molecule has 2 rings (SSSR count). The van der Waals surface area contributed by atoms with E-state index in [9.17, 15) is 0 Å². The van der Waals surface area contributed by atoms with E-state index >= 15 is 0 Å². The zero-order chi connectivity index (χ0) is 14.5. The lowest BCUT2D eigenvalue weighted by Gasteiger charge is -2.30. The highest BCUT2D eigenvalue weighted by atomic mass is 15.2. The predicted octanol–water partition coefficient (Wildman–Crippen LogP) is 3.83. The second-order valence-electron chi connectivity index (χ2n) is 6.35. The first kappa shape index (κ1) is 15.5. The first-order chi connectivity index (χ1) is 9.61. The molecule has 1 unspecified atom stereocenters. The third-order valence-electron chi connectivity index (χ3n) is 4.68. The Hall–Kier alpha value is -0.860. The van der Waals surface area contributed by atoms with Crippen LogP contribution in [-0.4, -0.2) is 31.1 Å². The van der Waals surface area contributed by atoms with Gasteiger partial charge >= 0.3 is 0 Å². The molecule has 0 spiro atoms. The summed E-state index contributed by atoms with van der Waals surface area (Å²) in [4.78, 5) is 2.57. The highest BCUT2D eigenvalue weighted by molar-refractivity contribution is 5.33. The first-order valence-electron chi connectivity index (χ1n) is 8.12. The zero-order valence-corrected chi connectivity index (χ0v) is 13.6. The fourth-order valence-corrected chi connectivity index (χ4v) is 3.44. The maximum Gasteiger partial charge on any atom is 0.0451 e. The molecule has 20 heavy (non-hydrogen) atoms. The molecule has 112 valence electrons. The van der Waals surface area contributed by atoms with Crippen molar-refractivity contribution in [3.05, 3.63) is 34.9 Å². The summed E-state index contributed by atoms with van der Waals surface area (Å²) in [5, 5.41) is 3.68. The molecule has 0 saturated heterocycles. The second-order valence-corrected chi connectivity index (χ2v) is 6.35. The van der Waals surface area contributed by atoms with Crippen molar-refractivity contribution in [1.82, 2.24) is 10.2 Å². The van der Waals surface area contributed by atoms with Crippen LogP contribution >= 0.6 is 0 Å². The Balaban J connectivity index is 2.11. The minimum absolute atomic E-state index is 0.450. The van der Waals surface area contributed by atoms with Crippen molar-refractivity contribution in [3.63, 3.8) is 0 Å². The Morgan fingerprint density at radius 1 is 1.25 bits per heavy atom. The van der Waals surface area contributed by atoms with Gasteiger partial charge in [0, 0.05) is 18.6 Å². The maximum atomic E-state index is 3.68. The lowest BCUT2D eigenvalue weighted by atomic mass is 9.98. The van der Waals surface area contributed by atoms with Gasteiger partial charge in [0.2, 0.25) is 0 Å². The summed E-state index contributed by atoms with van der Waals surface area (Å²) in [5.41, 5.74) is 4.23. The lowest BCUT2D eigenvalue weighted by Crippen LogP contribution is -2.38. The van der Waals surface area contributed by atoms with Crippen molar-refractivity contribution in [1.29, 1.82) is 0 Å². The van der Waals surface area contributed by atoms with E-state index in [0.717, 1.165) is 19.1 Å². The van der Waals surface area contributed by atoms with Crippen LogP contribution in [0.25, 0.3) is 0 Å². The van der Waals surface area contributed by atoms with Crippen LogP contribution < -0.4 is 5.32 Å². The summed E-state index contributed by atoms with van der Waals surface area (Å²) < 4.78 is 0. The molecular formula is C18H30N2. The van der Waals surface area contributed by atoms with Crippen LogP contribution in [0.3, 0.4) is 0 Å². The number of aryl methyl sites for hydroxylation is 2. The van der Waals surface area contributed by atoms with Crippen LogP contribution in [0.5, 0.6) is 0 Å². The molecule has 1 aliphatic carbocycles. The van der Waals surface area contributed by atoms with Gasteiger partial charge in [-0.3, -0.25) is 0 Å². The van der Waals surface area contributed by atoms with Gasteiger partial charge in [0.15, 0.2) is 0 Å². The van der Waals surface area contributed by atoms with Gasteiger partial charge in [0.05, 0.1) is 0 Å². The van der Waals surface area contributed by atoms with Crippen molar-refractivity contribution in [2.24, 2.45) is 0 Å². The molecule has 1 aliphatic rings. The van der Waals surface area contributed by atoms with E-state index in [1.54, 1.807) is 0 Å². The average molecular weight is 274 g/mol. The molecule has 2 heteroatoms. The van der Waals surface area contributed by atoms with Crippen molar-refractivity contribution in [2.75, 3.05) is 20.1 Å². The molecule has 0 aromatic heterocycles. The summed E-state index contributed by atoms with van der Waals surface area (Å²) in [5.74, 6) is 0. The number of nitrogens with one attached hydrogen (secondary N) is 1.